The van der Waals surface area contributed by atoms with Crippen molar-refractivity contribution in [1.82, 2.24) is 4.90 Å². The lowest BCUT2D eigenvalue weighted by Crippen LogP contribution is -2.49. The zero-order chi connectivity index (χ0) is 16.2. The Labute approximate surface area is 136 Å². The minimum Gasteiger partial charge on any atom is -0.482 e. The minimum atomic E-state index is -1.03. The largest absolute Gasteiger partial charge is 0.482 e. The summed E-state index contributed by atoms with van der Waals surface area (Å²) in [4.78, 5) is 25.5. The lowest BCUT2D eigenvalue weighted by atomic mass is 9.78. The van der Waals surface area contributed by atoms with Gasteiger partial charge in [0.25, 0.3) is 5.91 Å². The predicted molar refractivity (Wildman–Crippen MR) is 85.6 cm³/mol. The molecular formula is C18H23NO4. The molecule has 5 heteroatoms. The molecule has 3 rings (SSSR count). The molecule has 1 heterocycles. The van der Waals surface area contributed by atoms with Gasteiger partial charge >= 0.3 is 5.97 Å². The fourth-order valence-electron chi connectivity index (χ4n) is 3.91. The Bertz CT molecular complexity index is 584. The molecule has 1 aliphatic carbocycles. The zero-order valence-electron chi connectivity index (χ0n) is 13.2. The maximum Gasteiger partial charge on any atom is 0.341 e. The van der Waals surface area contributed by atoms with Crippen LogP contribution >= 0.6 is 0 Å². The van der Waals surface area contributed by atoms with Crippen molar-refractivity contribution < 1.29 is 19.4 Å². The van der Waals surface area contributed by atoms with Crippen molar-refractivity contribution in [3.8, 4) is 5.75 Å². The van der Waals surface area contributed by atoms with E-state index in [0.717, 1.165) is 19.4 Å². The molecule has 0 bridgehead atoms. The van der Waals surface area contributed by atoms with Crippen molar-refractivity contribution >= 4 is 11.9 Å². The maximum absolute atomic E-state index is 12.9. The third-order valence-corrected chi connectivity index (χ3v) is 4.95. The van der Waals surface area contributed by atoms with E-state index in [0.29, 0.717) is 23.3 Å². The lowest BCUT2D eigenvalue weighted by molar-refractivity contribution is -0.139. The van der Waals surface area contributed by atoms with Crippen molar-refractivity contribution in [2.75, 3.05) is 13.2 Å². The second-order valence-electron chi connectivity index (χ2n) is 6.46. The summed E-state index contributed by atoms with van der Waals surface area (Å²) in [7, 11) is 0. The molecule has 5 nitrogen and oxygen atoms in total. The van der Waals surface area contributed by atoms with Crippen LogP contribution in [0.5, 0.6) is 5.75 Å². The normalized spacial score (nSPS) is 23.9. The number of nitrogens with zero attached hydrogens (tertiary/aromatic N) is 1. The average Bonchev–Trinajstić information content (AvgIpc) is 2.59. The van der Waals surface area contributed by atoms with E-state index in [2.05, 4.69) is 0 Å². The summed E-state index contributed by atoms with van der Waals surface area (Å²) in [5.74, 6) is 0.0912. The summed E-state index contributed by atoms with van der Waals surface area (Å²) in [5, 5.41) is 8.69. The SMILES string of the molecule is O=C(O)COc1cccc(C(=O)N2CCC[C@H]3CCCC[C@H]32)c1. The van der Waals surface area contributed by atoms with Gasteiger partial charge in [0.15, 0.2) is 6.61 Å². The number of rotatable bonds is 4. The minimum absolute atomic E-state index is 0.0439. The fraction of sp³-hybridized carbons (Fsp3) is 0.556. The van der Waals surface area contributed by atoms with E-state index in [4.69, 9.17) is 9.84 Å². The Kier molecular flexibility index (Phi) is 4.84. The number of aliphatic carboxylic acids is 1. The quantitative estimate of drug-likeness (QED) is 0.927. The number of benzene rings is 1. The summed E-state index contributed by atoms with van der Waals surface area (Å²) in [6.07, 6.45) is 7.12. The van der Waals surface area contributed by atoms with Crippen molar-refractivity contribution in [1.29, 1.82) is 0 Å². The summed E-state index contributed by atoms with van der Waals surface area (Å²) in [5.41, 5.74) is 0.583. The summed E-state index contributed by atoms with van der Waals surface area (Å²) >= 11 is 0. The highest BCUT2D eigenvalue weighted by Gasteiger charge is 2.35. The number of piperidine rings is 1. The average molecular weight is 317 g/mol. The number of likely N-dealkylation sites (tertiary alicyclic amines) is 1. The molecule has 0 radical (unpaired) electrons. The number of carboxylic acid groups (broad SMARTS) is 1. The second kappa shape index (κ2) is 7.02. The number of carbonyl (C=O) groups excluding carboxylic acids is 1. The van der Waals surface area contributed by atoms with Crippen LogP contribution in [-0.2, 0) is 4.79 Å². The summed E-state index contributed by atoms with van der Waals surface area (Å²) in [6, 6.07) is 7.22. The Hall–Kier alpha value is -2.04. The van der Waals surface area contributed by atoms with Gasteiger partial charge in [0.05, 0.1) is 0 Å². The van der Waals surface area contributed by atoms with E-state index in [1.165, 1.54) is 25.7 Å². The van der Waals surface area contributed by atoms with Crippen LogP contribution in [0, 0.1) is 5.92 Å². The molecule has 23 heavy (non-hydrogen) atoms. The van der Waals surface area contributed by atoms with Gasteiger partial charge in [-0.2, -0.15) is 0 Å². The number of carboxylic acids is 1. The van der Waals surface area contributed by atoms with Gasteiger partial charge in [-0.3, -0.25) is 4.79 Å². The van der Waals surface area contributed by atoms with Gasteiger partial charge in [-0.25, -0.2) is 4.79 Å². The van der Waals surface area contributed by atoms with Crippen LogP contribution < -0.4 is 4.74 Å². The summed E-state index contributed by atoms with van der Waals surface area (Å²) < 4.78 is 5.18. The van der Waals surface area contributed by atoms with E-state index in [9.17, 15) is 9.59 Å². The van der Waals surface area contributed by atoms with E-state index in [-0.39, 0.29) is 5.91 Å². The molecule has 0 unspecified atom stereocenters. The fourth-order valence-corrected chi connectivity index (χ4v) is 3.91. The van der Waals surface area contributed by atoms with Gasteiger partial charge in [-0.1, -0.05) is 18.9 Å². The van der Waals surface area contributed by atoms with Crippen LogP contribution in [0.15, 0.2) is 24.3 Å². The number of hydrogen-bond donors (Lipinski definition) is 1. The van der Waals surface area contributed by atoms with Crippen LogP contribution in [0.2, 0.25) is 0 Å². The third-order valence-electron chi connectivity index (χ3n) is 4.95. The van der Waals surface area contributed by atoms with E-state index in [1.54, 1.807) is 24.3 Å². The Morgan fingerprint density at radius 3 is 2.78 bits per heavy atom. The standard InChI is InChI=1S/C18H23NO4/c20-17(21)12-23-15-8-3-6-14(11-15)18(22)19-10-4-7-13-5-1-2-9-16(13)19/h3,6,8,11,13,16H,1-2,4-5,7,9-10,12H2,(H,20,21)/t13-,16-/m1/s1. The molecule has 124 valence electrons. The molecule has 1 saturated carbocycles. The smallest absolute Gasteiger partial charge is 0.341 e. The Balaban J connectivity index is 1.74. The molecular weight excluding hydrogens is 294 g/mol. The van der Waals surface area contributed by atoms with E-state index in [1.807, 2.05) is 4.90 Å². The Morgan fingerprint density at radius 1 is 1.17 bits per heavy atom. The number of amides is 1. The van der Waals surface area contributed by atoms with Gasteiger partial charge in [0.1, 0.15) is 5.75 Å². The number of ether oxygens (including phenoxy) is 1. The molecule has 1 aromatic carbocycles. The number of fused-ring (bicyclic) bond motifs is 1. The van der Waals surface area contributed by atoms with Gasteiger partial charge in [-0.05, 0) is 49.8 Å². The van der Waals surface area contributed by atoms with Crippen LogP contribution in [-0.4, -0.2) is 41.1 Å². The van der Waals surface area contributed by atoms with Crippen molar-refractivity contribution in [2.45, 2.75) is 44.6 Å². The van der Waals surface area contributed by atoms with Crippen molar-refractivity contribution in [3.63, 3.8) is 0 Å². The first-order valence-electron chi connectivity index (χ1n) is 8.41. The van der Waals surface area contributed by atoms with Crippen LogP contribution in [0.25, 0.3) is 0 Å². The maximum atomic E-state index is 12.9. The van der Waals surface area contributed by atoms with E-state index >= 15 is 0 Å². The Morgan fingerprint density at radius 2 is 1.96 bits per heavy atom. The molecule has 2 atom stereocenters. The molecule has 1 N–H and O–H groups in total. The van der Waals surface area contributed by atoms with Gasteiger partial charge in [0, 0.05) is 18.2 Å². The van der Waals surface area contributed by atoms with Crippen molar-refractivity contribution in [2.24, 2.45) is 5.92 Å². The molecule has 2 aliphatic rings. The molecule has 2 fully saturated rings. The highest BCUT2D eigenvalue weighted by Crippen LogP contribution is 2.36. The van der Waals surface area contributed by atoms with Crippen molar-refractivity contribution in [3.05, 3.63) is 29.8 Å². The van der Waals surface area contributed by atoms with E-state index < -0.39 is 12.6 Å². The highest BCUT2D eigenvalue weighted by molar-refractivity contribution is 5.95. The molecule has 0 aromatic heterocycles. The predicted octanol–water partition coefficient (Wildman–Crippen LogP) is 2.94. The summed E-state index contributed by atoms with van der Waals surface area (Å²) in [6.45, 7) is 0.423. The number of hydrogen-bond acceptors (Lipinski definition) is 3. The zero-order valence-corrected chi connectivity index (χ0v) is 13.2. The molecule has 1 aromatic rings. The monoisotopic (exact) mass is 317 g/mol. The third kappa shape index (κ3) is 3.66. The van der Waals surface area contributed by atoms with Crippen LogP contribution in [0.4, 0.5) is 0 Å². The van der Waals surface area contributed by atoms with Gasteiger partial charge in [0.2, 0.25) is 0 Å². The molecule has 1 aliphatic heterocycles. The first-order valence-corrected chi connectivity index (χ1v) is 8.41. The van der Waals surface area contributed by atoms with Crippen LogP contribution in [0.1, 0.15) is 48.9 Å². The first-order chi connectivity index (χ1) is 11.1. The number of carbonyl (C=O) groups is 2. The molecule has 1 amide bonds. The van der Waals surface area contributed by atoms with Crippen LogP contribution in [0.3, 0.4) is 0 Å². The molecule has 1 saturated heterocycles. The topological polar surface area (TPSA) is 66.8 Å². The van der Waals surface area contributed by atoms with Gasteiger partial charge in [-0.15, -0.1) is 0 Å². The second-order valence-corrected chi connectivity index (χ2v) is 6.46. The first kappa shape index (κ1) is 15.8. The lowest BCUT2D eigenvalue weighted by Gasteiger charge is -2.44. The highest BCUT2D eigenvalue weighted by atomic mass is 16.5. The van der Waals surface area contributed by atoms with Gasteiger partial charge < -0.3 is 14.7 Å². The molecule has 0 spiro atoms.